The summed E-state index contributed by atoms with van der Waals surface area (Å²) in [6.07, 6.45) is -11.2. The minimum atomic E-state index is -4.78. The van der Waals surface area contributed by atoms with Gasteiger partial charge in [0, 0.05) is 16.9 Å². The molecule has 0 aromatic heterocycles. The lowest BCUT2D eigenvalue weighted by Crippen LogP contribution is -2.58. The minimum absolute atomic E-state index is 0.0707. The van der Waals surface area contributed by atoms with Gasteiger partial charge in [-0.3, -0.25) is 10.1 Å². The first-order valence-corrected chi connectivity index (χ1v) is 12.9. The van der Waals surface area contributed by atoms with Crippen LogP contribution in [0.5, 0.6) is 11.5 Å². The molecular formula is C29H28F6N4O5. The van der Waals surface area contributed by atoms with Gasteiger partial charge in [0.25, 0.3) is 0 Å². The third-order valence-electron chi connectivity index (χ3n) is 7.15. The second kappa shape index (κ2) is 11.8. The Hall–Kier alpha value is -4.66. The van der Waals surface area contributed by atoms with Crippen LogP contribution in [0.1, 0.15) is 30.5 Å². The van der Waals surface area contributed by atoms with E-state index in [1.807, 2.05) is 0 Å². The molecule has 0 saturated carbocycles. The summed E-state index contributed by atoms with van der Waals surface area (Å²) in [6.45, 7) is 2.74. The number of benzene rings is 3. The van der Waals surface area contributed by atoms with Crippen molar-refractivity contribution < 1.29 is 50.6 Å². The Kier molecular flexibility index (Phi) is 8.64. The van der Waals surface area contributed by atoms with Crippen LogP contribution in [0.3, 0.4) is 0 Å². The molecule has 1 aliphatic heterocycles. The van der Waals surface area contributed by atoms with Gasteiger partial charge >= 0.3 is 24.4 Å². The maximum absolute atomic E-state index is 14.0. The number of anilines is 2. The highest BCUT2D eigenvalue weighted by atomic mass is 19.4. The highest BCUT2D eigenvalue weighted by Crippen LogP contribution is 2.42. The van der Waals surface area contributed by atoms with Crippen molar-refractivity contribution in [3.8, 4) is 11.5 Å². The van der Waals surface area contributed by atoms with Crippen molar-refractivity contribution in [2.75, 3.05) is 24.4 Å². The number of halogens is 6. The molecule has 1 fully saturated rings. The maximum Gasteiger partial charge on any atom is 0.416 e. The standard InChI is InChI=1S/C29H28F6N4O5/c1-27(2)24(39(42)25(40)36-20-11-6-9-18(14-20)28(30,31)32)38(21-12-7-10-19(15-21)29(33,34)35)26(41)37(27)16-17-8-5-13-22(43-3)23(17)44-4/h5-15,24,42H,16H2,1-4H3,(H,36,40)/t24-/m1/s1. The van der Waals surface area contributed by atoms with E-state index in [2.05, 4.69) is 5.32 Å². The summed E-state index contributed by atoms with van der Waals surface area (Å²) in [7, 11) is 2.79. The number of nitrogens with one attached hydrogen (secondary N) is 1. The lowest BCUT2D eigenvalue weighted by atomic mass is 9.98. The molecule has 9 nitrogen and oxygen atoms in total. The summed E-state index contributed by atoms with van der Waals surface area (Å²) in [5.41, 5.74) is -3.86. The Morgan fingerprint density at radius 2 is 1.52 bits per heavy atom. The van der Waals surface area contributed by atoms with Crippen molar-refractivity contribution in [2.24, 2.45) is 0 Å². The lowest BCUT2D eigenvalue weighted by molar-refractivity contribution is -0.138. The molecule has 3 aromatic carbocycles. The highest BCUT2D eigenvalue weighted by molar-refractivity contribution is 5.98. The molecule has 1 aliphatic rings. The van der Waals surface area contributed by atoms with Crippen LogP contribution in [0.2, 0.25) is 0 Å². The average Bonchev–Trinajstić information content (AvgIpc) is 3.16. The molecule has 1 atom stereocenters. The number of hydrogen-bond donors (Lipinski definition) is 2. The number of urea groups is 2. The second-order valence-corrected chi connectivity index (χ2v) is 10.3. The average molecular weight is 627 g/mol. The molecule has 1 saturated heterocycles. The molecule has 0 radical (unpaired) electrons. The third kappa shape index (κ3) is 6.18. The van der Waals surface area contributed by atoms with E-state index >= 15 is 0 Å². The maximum atomic E-state index is 14.0. The number of rotatable bonds is 7. The molecule has 15 heteroatoms. The van der Waals surface area contributed by atoms with Crippen LogP contribution in [0.4, 0.5) is 47.3 Å². The fourth-order valence-electron chi connectivity index (χ4n) is 5.01. The zero-order chi connectivity index (χ0) is 32.6. The number of nitrogens with zero attached hydrogens (tertiary/aromatic N) is 3. The largest absolute Gasteiger partial charge is 0.493 e. The first-order valence-electron chi connectivity index (χ1n) is 12.9. The van der Waals surface area contributed by atoms with Crippen LogP contribution in [0.25, 0.3) is 0 Å². The van der Waals surface area contributed by atoms with Crippen LogP contribution in [0, 0.1) is 0 Å². The monoisotopic (exact) mass is 626 g/mol. The number of hydroxylamine groups is 2. The lowest BCUT2D eigenvalue weighted by Gasteiger charge is -2.38. The van der Waals surface area contributed by atoms with Crippen molar-refractivity contribution >= 4 is 23.4 Å². The highest BCUT2D eigenvalue weighted by Gasteiger charge is 2.56. The molecule has 1 heterocycles. The molecule has 0 spiro atoms. The first kappa shape index (κ1) is 32.3. The van der Waals surface area contributed by atoms with Crippen molar-refractivity contribution in [2.45, 2.75) is 44.4 Å². The molecule has 0 aliphatic carbocycles. The van der Waals surface area contributed by atoms with Crippen molar-refractivity contribution in [1.82, 2.24) is 9.96 Å². The Bertz CT molecular complexity index is 1550. The number of methoxy groups -OCH3 is 2. The van der Waals surface area contributed by atoms with Gasteiger partial charge in [0.1, 0.15) is 0 Å². The first-order chi connectivity index (χ1) is 20.5. The quantitative estimate of drug-likeness (QED) is 0.164. The second-order valence-electron chi connectivity index (χ2n) is 10.3. The zero-order valence-corrected chi connectivity index (χ0v) is 23.8. The Labute approximate surface area is 248 Å². The van der Waals surface area contributed by atoms with Gasteiger partial charge in [0.2, 0.25) is 0 Å². The summed E-state index contributed by atoms with van der Waals surface area (Å²) in [5, 5.41) is 13.4. The number of amides is 4. The molecule has 2 N–H and O–H groups in total. The van der Waals surface area contributed by atoms with Gasteiger partial charge in [-0.25, -0.2) is 9.59 Å². The van der Waals surface area contributed by atoms with Gasteiger partial charge < -0.3 is 19.7 Å². The van der Waals surface area contributed by atoms with Crippen LogP contribution < -0.4 is 19.7 Å². The molecular weight excluding hydrogens is 598 g/mol. The molecule has 44 heavy (non-hydrogen) atoms. The fourth-order valence-corrected chi connectivity index (χ4v) is 5.01. The molecule has 236 valence electrons. The number of ether oxygens (including phenoxy) is 2. The molecule has 0 unspecified atom stereocenters. The van der Waals surface area contributed by atoms with Gasteiger partial charge in [-0.2, -0.15) is 31.4 Å². The number of hydrogen-bond acceptors (Lipinski definition) is 5. The van der Waals surface area contributed by atoms with E-state index in [9.17, 15) is 41.1 Å². The van der Waals surface area contributed by atoms with E-state index in [1.54, 1.807) is 18.2 Å². The van der Waals surface area contributed by atoms with E-state index in [-0.39, 0.29) is 28.7 Å². The number of para-hydroxylation sites is 1. The van der Waals surface area contributed by atoms with Crippen LogP contribution in [-0.4, -0.2) is 53.2 Å². The van der Waals surface area contributed by atoms with Crippen molar-refractivity contribution in [3.05, 3.63) is 83.4 Å². The number of alkyl halides is 6. The summed E-state index contributed by atoms with van der Waals surface area (Å²) in [4.78, 5) is 29.2. The SMILES string of the molecule is COc1cccc(CN2C(=O)N(c3cccc(C(F)(F)F)c3)[C@H](N(O)C(=O)Nc3cccc(C(F)(F)F)c3)C2(C)C)c1OC. The topological polar surface area (TPSA) is 94.6 Å². The van der Waals surface area contributed by atoms with Crippen LogP contribution >= 0.6 is 0 Å². The summed E-state index contributed by atoms with van der Waals surface area (Å²) in [6, 6.07) is 10.0. The van der Waals surface area contributed by atoms with Gasteiger partial charge in [0.05, 0.1) is 37.4 Å². The number of carbonyl (C=O) groups excluding carboxylic acids is 2. The third-order valence-corrected chi connectivity index (χ3v) is 7.15. The minimum Gasteiger partial charge on any atom is -0.493 e. The molecule has 4 amide bonds. The summed E-state index contributed by atoms with van der Waals surface area (Å²) >= 11 is 0. The van der Waals surface area contributed by atoms with E-state index in [0.717, 1.165) is 35.2 Å². The van der Waals surface area contributed by atoms with Crippen LogP contribution in [0.15, 0.2) is 66.7 Å². The van der Waals surface area contributed by atoms with E-state index in [4.69, 9.17) is 9.47 Å². The van der Waals surface area contributed by atoms with Gasteiger partial charge in [-0.15, -0.1) is 0 Å². The van der Waals surface area contributed by atoms with Crippen molar-refractivity contribution in [3.63, 3.8) is 0 Å². The predicted molar refractivity (Wildman–Crippen MR) is 146 cm³/mol. The Balaban J connectivity index is 1.78. The van der Waals surface area contributed by atoms with E-state index in [0.29, 0.717) is 23.4 Å². The van der Waals surface area contributed by atoms with Crippen molar-refractivity contribution in [1.29, 1.82) is 0 Å². The fraction of sp³-hybridized carbons (Fsp3) is 0.310. The smallest absolute Gasteiger partial charge is 0.416 e. The Morgan fingerprint density at radius 1 is 0.932 bits per heavy atom. The predicted octanol–water partition coefficient (Wildman–Crippen LogP) is 7.21. The molecule has 3 aromatic rings. The summed E-state index contributed by atoms with van der Waals surface area (Å²) < 4.78 is 91.3. The summed E-state index contributed by atoms with van der Waals surface area (Å²) in [5.74, 6) is 0.612. The van der Waals surface area contributed by atoms with Gasteiger partial charge in [0.15, 0.2) is 17.7 Å². The molecule has 0 bridgehead atoms. The number of carbonyl (C=O) groups is 2. The van der Waals surface area contributed by atoms with Crippen LogP contribution in [-0.2, 0) is 18.9 Å². The molecule has 4 rings (SSSR count). The Morgan fingerprint density at radius 3 is 2.11 bits per heavy atom. The van der Waals surface area contributed by atoms with E-state index in [1.165, 1.54) is 39.0 Å². The zero-order valence-electron chi connectivity index (χ0n) is 23.8. The normalized spacial score (nSPS) is 16.6. The van der Waals surface area contributed by atoms with E-state index < -0.39 is 47.2 Å². The van der Waals surface area contributed by atoms with Gasteiger partial charge in [-0.05, 0) is 56.3 Å². The van der Waals surface area contributed by atoms with Gasteiger partial charge in [-0.1, -0.05) is 24.3 Å².